The fraction of sp³-hybridized carbons (Fsp3) is 0.556. The quantitative estimate of drug-likeness (QED) is 0.775. The van der Waals surface area contributed by atoms with Crippen LogP contribution in [-0.4, -0.2) is 75.1 Å². The molecule has 4 heterocycles. The van der Waals surface area contributed by atoms with Crippen molar-refractivity contribution in [2.24, 2.45) is 7.05 Å². The number of aryl methyl sites for hydroxylation is 2. The smallest absolute Gasteiger partial charge is 0.254 e. The Bertz CT molecular complexity index is 871. The monoisotopic (exact) mass is 428 g/mol. The Balaban J connectivity index is 0.00000140. The number of rotatable bonds is 2. The highest BCUT2D eigenvalue weighted by atomic mass is 35.5. The molecule has 0 radical (unpaired) electrons. The zero-order chi connectivity index (χ0) is 18.3. The molecule has 2 amide bonds. The molecular formula is C18H26Cl2N6O2. The van der Waals surface area contributed by atoms with Crippen LogP contribution in [0.5, 0.6) is 0 Å². The Morgan fingerprint density at radius 3 is 2.82 bits per heavy atom. The molecule has 2 aromatic heterocycles. The second-order valence-electron chi connectivity index (χ2n) is 7.13. The average Bonchev–Trinajstić information content (AvgIpc) is 3.02. The van der Waals surface area contributed by atoms with E-state index in [9.17, 15) is 9.59 Å². The van der Waals surface area contributed by atoms with Crippen LogP contribution in [-0.2, 0) is 11.8 Å². The van der Waals surface area contributed by atoms with E-state index >= 15 is 0 Å². The van der Waals surface area contributed by atoms with E-state index in [2.05, 4.69) is 15.4 Å². The summed E-state index contributed by atoms with van der Waals surface area (Å²) in [5, 5.41) is 8.13. The molecular weight excluding hydrogens is 403 g/mol. The van der Waals surface area contributed by atoms with Gasteiger partial charge >= 0.3 is 0 Å². The van der Waals surface area contributed by atoms with Crippen LogP contribution in [0.4, 0.5) is 0 Å². The zero-order valence-electron chi connectivity index (χ0n) is 16.1. The predicted molar refractivity (Wildman–Crippen MR) is 111 cm³/mol. The zero-order valence-corrected chi connectivity index (χ0v) is 17.7. The van der Waals surface area contributed by atoms with Crippen molar-refractivity contribution in [2.45, 2.75) is 25.8 Å². The van der Waals surface area contributed by atoms with Gasteiger partial charge in [0.2, 0.25) is 5.91 Å². The standard InChI is InChI=1S/C18H24N6O2.2ClH/c1-12-8-14(15-9-20-22(2)17(15)21-12)18(26)23-6-3-4-13(11-23)24-7-5-19-10-16(24)25;;/h8-9,13,19H,3-7,10-11H2,1-2H3;2*1H. The second-order valence-corrected chi connectivity index (χ2v) is 7.13. The Labute approximate surface area is 176 Å². The van der Waals surface area contributed by atoms with Crippen molar-refractivity contribution in [2.75, 3.05) is 32.7 Å². The molecule has 154 valence electrons. The summed E-state index contributed by atoms with van der Waals surface area (Å²) in [5.74, 6) is 0.130. The molecule has 1 N–H and O–H groups in total. The minimum Gasteiger partial charge on any atom is -0.337 e. The number of fused-ring (bicyclic) bond motifs is 1. The van der Waals surface area contributed by atoms with Gasteiger partial charge in [0.15, 0.2) is 5.65 Å². The topological polar surface area (TPSA) is 83.4 Å². The number of nitrogens with zero attached hydrogens (tertiary/aromatic N) is 5. The van der Waals surface area contributed by atoms with Gasteiger partial charge in [-0.05, 0) is 25.8 Å². The fourth-order valence-electron chi connectivity index (χ4n) is 3.99. The highest BCUT2D eigenvalue weighted by Gasteiger charge is 2.32. The van der Waals surface area contributed by atoms with Crippen molar-refractivity contribution in [1.82, 2.24) is 29.9 Å². The number of halogens is 2. The van der Waals surface area contributed by atoms with E-state index in [-0.39, 0.29) is 42.7 Å². The number of aromatic nitrogens is 3. The molecule has 2 aromatic rings. The number of hydrogen-bond acceptors (Lipinski definition) is 5. The van der Waals surface area contributed by atoms with Crippen LogP contribution in [0.3, 0.4) is 0 Å². The predicted octanol–water partition coefficient (Wildman–Crippen LogP) is 1.16. The third-order valence-corrected chi connectivity index (χ3v) is 5.31. The van der Waals surface area contributed by atoms with E-state index in [0.29, 0.717) is 25.2 Å². The first-order chi connectivity index (χ1) is 12.5. The minimum absolute atomic E-state index is 0. The van der Waals surface area contributed by atoms with Crippen LogP contribution in [0, 0.1) is 6.92 Å². The van der Waals surface area contributed by atoms with Gasteiger partial charge in [0, 0.05) is 45.0 Å². The summed E-state index contributed by atoms with van der Waals surface area (Å²) >= 11 is 0. The van der Waals surface area contributed by atoms with E-state index in [1.165, 1.54) is 0 Å². The highest BCUT2D eigenvalue weighted by molar-refractivity contribution is 6.05. The lowest BCUT2D eigenvalue weighted by atomic mass is 10.0. The minimum atomic E-state index is 0. The number of carbonyl (C=O) groups excluding carboxylic acids is 2. The summed E-state index contributed by atoms with van der Waals surface area (Å²) in [4.78, 5) is 33.7. The largest absolute Gasteiger partial charge is 0.337 e. The van der Waals surface area contributed by atoms with Crippen molar-refractivity contribution >= 4 is 47.7 Å². The van der Waals surface area contributed by atoms with Gasteiger partial charge < -0.3 is 15.1 Å². The third kappa shape index (κ3) is 4.09. The molecule has 0 saturated carbocycles. The molecule has 0 aliphatic carbocycles. The van der Waals surface area contributed by atoms with Crippen molar-refractivity contribution in [3.63, 3.8) is 0 Å². The molecule has 2 aliphatic rings. The lowest BCUT2D eigenvalue weighted by molar-refractivity contribution is -0.135. The molecule has 10 heteroatoms. The molecule has 1 atom stereocenters. The van der Waals surface area contributed by atoms with Gasteiger partial charge in [0.1, 0.15) is 0 Å². The van der Waals surface area contributed by atoms with Crippen molar-refractivity contribution < 1.29 is 9.59 Å². The lowest BCUT2D eigenvalue weighted by Gasteiger charge is -2.41. The number of piperidine rings is 1. The van der Waals surface area contributed by atoms with Crippen LogP contribution in [0.1, 0.15) is 28.9 Å². The average molecular weight is 429 g/mol. The first-order valence-electron chi connectivity index (χ1n) is 9.13. The molecule has 2 aliphatic heterocycles. The first-order valence-corrected chi connectivity index (χ1v) is 9.13. The Kier molecular flexibility index (Phi) is 7.25. The highest BCUT2D eigenvalue weighted by Crippen LogP contribution is 2.23. The number of pyridine rings is 1. The molecule has 2 fully saturated rings. The summed E-state index contributed by atoms with van der Waals surface area (Å²) in [5.41, 5.74) is 2.17. The number of nitrogens with one attached hydrogen (secondary N) is 1. The molecule has 0 spiro atoms. The summed E-state index contributed by atoms with van der Waals surface area (Å²) in [6.07, 6.45) is 3.57. The maximum atomic E-state index is 13.2. The maximum absolute atomic E-state index is 13.2. The summed E-state index contributed by atoms with van der Waals surface area (Å²) in [6, 6.07) is 1.95. The lowest BCUT2D eigenvalue weighted by Crippen LogP contribution is -2.57. The van der Waals surface area contributed by atoms with Crippen LogP contribution in [0.2, 0.25) is 0 Å². The molecule has 8 nitrogen and oxygen atoms in total. The van der Waals surface area contributed by atoms with Gasteiger partial charge in [-0.3, -0.25) is 14.3 Å². The van der Waals surface area contributed by atoms with Crippen LogP contribution >= 0.6 is 24.8 Å². The van der Waals surface area contributed by atoms with Gasteiger partial charge in [0.25, 0.3) is 5.91 Å². The normalized spacial score (nSPS) is 19.9. The van der Waals surface area contributed by atoms with Gasteiger partial charge in [0.05, 0.1) is 23.7 Å². The summed E-state index contributed by atoms with van der Waals surface area (Å²) in [7, 11) is 1.83. The van der Waals surface area contributed by atoms with Crippen molar-refractivity contribution in [3.05, 3.63) is 23.5 Å². The van der Waals surface area contributed by atoms with E-state index in [0.717, 1.165) is 42.7 Å². The van der Waals surface area contributed by atoms with E-state index in [1.807, 2.05) is 29.8 Å². The van der Waals surface area contributed by atoms with E-state index in [4.69, 9.17) is 0 Å². The molecule has 4 rings (SSSR count). The second kappa shape index (κ2) is 9.07. The number of piperazine rings is 1. The van der Waals surface area contributed by atoms with E-state index < -0.39 is 0 Å². The fourth-order valence-corrected chi connectivity index (χ4v) is 3.99. The Hall–Kier alpha value is -1.90. The van der Waals surface area contributed by atoms with Crippen LogP contribution < -0.4 is 5.32 Å². The summed E-state index contributed by atoms with van der Waals surface area (Å²) < 4.78 is 1.69. The Morgan fingerprint density at radius 2 is 2.07 bits per heavy atom. The molecule has 0 aromatic carbocycles. The summed E-state index contributed by atoms with van der Waals surface area (Å²) in [6.45, 7) is 5.13. The molecule has 2 saturated heterocycles. The van der Waals surface area contributed by atoms with Crippen LogP contribution in [0.15, 0.2) is 12.3 Å². The first kappa shape index (κ1) is 22.4. The van der Waals surface area contributed by atoms with Crippen molar-refractivity contribution in [1.29, 1.82) is 0 Å². The van der Waals surface area contributed by atoms with Gasteiger partial charge in [-0.1, -0.05) is 0 Å². The van der Waals surface area contributed by atoms with Gasteiger partial charge in [-0.15, -0.1) is 24.8 Å². The molecule has 28 heavy (non-hydrogen) atoms. The number of hydrogen-bond donors (Lipinski definition) is 1. The number of carbonyl (C=O) groups is 2. The van der Waals surface area contributed by atoms with Crippen LogP contribution in [0.25, 0.3) is 11.0 Å². The number of amides is 2. The number of likely N-dealkylation sites (tertiary alicyclic amines) is 1. The van der Waals surface area contributed by atoms with Gasteiger partial charge in [-0.25, -0.2) is 4.98 Å². The third-order valence-electron chi connectivity index (χ3n) is 5.31. The maximum Gasteiger partial charge on any atom is 0.254 e. The molecule has 1 unspecified atom stereocenters. The van der Waals surface area contributed by atoms with E-state index in [1.54, 1.807) is 10.9 Å². The molecule has 0 bridgehead atoms. The van der Waals surface area contributed by atoms with Gasteiger partial charge in [-0.2, -0.15) is 5.10 Å². The SMILES string of the molecule is Cc1cc(C(=O)N2CCCC(N3CCNCC3=O)C2)c2cnn(C)c2n1.Cl.Cl. The Morgan fingerprint density at radius 1 is 1.29 bits per heavy atom. The van der Waals surface area contributed by atoms with Crippen molar-refractivity contribution in [3.8, 4) is 0 Å².